The number of nitrogens with zero attached hydrogens (tertiary/aromatic N) is 1. The van der Waals surface area contributed by atoms with Gasteiger partial charge in [-0.05, 0) is 30.3 Å². The standard InChI is InChI=1S/C14H13ClN2OS/c1-18-13-4-2-10(7-16)6-11(13)8-17-9-12-3-5-14(15)19-12/h2-6,17H,8-9H2,1H3. The first kappa shape index (κ1) is 13.9. The van der Waals surface area contributed by atoms with Crippen LogP contribution in [-0.4, -0.2) is 7.11 Å². The first-order chi connectivity index (χ1) is 9.22. The van der Waals surface area contributed by atoms with Crippen molar-refractivity contribution in [3.05, 3.63) is 50.7 Å². The number of benzene rings is 1. The van der Waals surface area contributed by atoms with Crippen molar-refractivity contribution >= 4 is 22.9 Å². The molecule has 0 amide bonds. The molecule has 98 valence electrons. The van der Waals surface area contributed by atoms with Crippen LogP contribution < -0.4 is 10.1 Å². The second-order valence-electron chi connectivity index (χ2n) is 3.95. The van der Waals surface area contributed by atoms with Gasteiger partial charge in [-0.25, -0.2) is 0 Å². The number of hydrogen-bond donors (Lipinski definition) is 1. The molecule has 0 unspecified atom stereocenters. The van der Waals surface area contributed by atoms with Gasteiger partial charge in [0, 0.05) is 23.5 Å². The molecule has 0 spiro atoms. The van der Waals surface area contributed by atoms with Gasteiger partial charge in [0.15, 0.2) is 0 Å². The third-order valence-corrected chi connectivity index (χ3v) is 3.88. The lowest BCUT2D eigenvalue weighted by atomic mass is 10.1. The lowest BCUT2D eigenvalue weighted by Gasteiger charge is -2.09. The Morgan fingerprint density at radius 1 is 1.32 bits per heavy atom. The van der Waals surface area contributed by atoms with E-state index in [0.717, 1.165) is 22.2 Å². The van der Waals surface area contributed by atoms with Gasteiger partial charge < -0.3 is 10.1 Å². The summed E-state index contributed by atoms with van der Waals surface area (Å²) in [6, 6.07) is 11.4. The summed E-state index contributed by atoms with van der Waals surface area (Å²) in [5.41, 5.74) is 1.61. The molecule has 0 aliphatic carbocycles. The first-order valence-electron chi connectivity index (χ1n) is 5.75. The topological polar surface area (TPSA) is 45.0 Å². The zero-order chi connectivity index (χ0) is 13.7. The van der Waals surface area contributed by atoms with E-state index in [4.69, 9.17) is 21.6 Å². The van der Waals surface area contributed by atoms with Crippen LogP contribution in [0, 0.1) is 11.3 Å². The number of nitriles is 1. The van der Waals surface area contributed by atoms with E-state index in [1.165, 1.54) is 4.88 Å². The minimum atomic E-state index is 0.636. The zero-order valence-corrected chi connectivity index (χ0v) is 12.0. The van der Waals surface area contributed by atoms with Crippen molar-refractivity contribution in [2.24, 2.45) is 0 Å². The van der Waals surface area contributed by atoms with E-state index in [0.29, 0.717) is 12.1 Å². The minimum absolute atomic E-state index is 0.636. The van der Waals surface area contributed by atoms with Crippen molar-refractivity contribution in [3.63, 3.8) is 0 Å². The Kier molecular flexibility index (Phi) is 4.80. The molecule has 0 bridgehead atoms. The third-order valence-electron chi connectivity index (χ3n) is 2.65. The average molecular weight is 293 g/mol. The molecule has 0 atom stereocenters. The van der Waals surface area contributed by atoms with Crippen molar-refractivity contribution in [1.29, 1.82) is 5.26 Å². The molecule has 0 aliphatic rings. The summed E-state index contributed by atoms with van der Waals surface area (Å²) in [4.78, 5) is 1.18. The highest BCUT2D eigenvalue weighted by molar-refractivity contribution is 7.16. The van der Waals surface area contributed by atoms with E-state index in [1.807, 2.05) is 24.3 Å². The molecule has 0 fully saturated rings. The fourth-order valence-corrected chi connectivity index (χ4v) is 2.81. The van der Waals surface area contributed by atoms with E-state index in [9.17, 15) is 0 Å². The van der Waals surface area contributed by atoms with Crippen molar-refractivity contribution in [2.45, 2.75) is 13.1 Å². The number of methoxy groups -OCH3 is 1. The summed E-state index contributed by atoms with van der Waals surface area (Å²) in [6.45, 7) is 1.39. The molecule has 0 aliphatic heterocycles. The Hall–Kier alpha value is -1.54. The lowest BCUT2D eigenvalue weighted by Crippen LogP contribution is -2.12. The van der Waals surface area contributed by atoms with E-state index in [2.05, 4.69) is 11.4 Å². The summed E-state index contributed by atoms with van der Waals surface area (Å²) >= 11 is 7.44. The maximum absolute atomic E-state index is 8.91. The minimum Gasteiger partial charge on any atom is -0.496 e. The van der Waals surface area contributed by atoms with Crippen molar-refractivity contribution < 1.29 is 4.74 Å². The Balaban J connectivity index is 2.00. The van der Waals surface area contributed by atoms with Crippen LogP contribution >= 0.6 is 22.9 Å². The van der Waals surface area contributed by atoms with Gasteiger partial charge in [-0.3, -0.25) is 0 Å². The normalized spacial score (nSPS) is 10.2. The number of hydrogen-bond acceptors (Lipinski definition) is 4. The van der Waals surface area contributed by atoms with Crippen molar-refractivity contribution in [3.8, 4) is 11.8 Å². The number of nitrogens with one attached hydrogen (secondary N) is 1. The smallest absolute Gasteiger partial charge is 0.123 e. The SMILES string of the molecule is COc1ccc(C#N)cc1CNCc1ccc(Cl)s1. The number of halogens is 1. The summed E-state index contributed by atoms with van der Waals surface area (Å²) in [5.74, 6) is 0.788. The van der Waals surface area contributed by atoms with Gasteiger partial charge in [0.2, 0.25) is 0 Å². The van der Waals surface area contributed by atoms with Gasteiger partial charge in [-0.2, -0.15) is 5.26 Å². The third kappa shape index (κ3) is 3.71. The van der Waals surface area contributed by atoms with E-state index < -0.39 is 0 Å². The summed E-state index contributed by atoms with van der Waals surface area (Å²) in [5, 5.41) is 12.2. The molecule has 0 saturated heterocycles. The number of ether oxygens (including phenoxy) is 1. The van der Waals surface area contributed by atoms with E-state index in [-0.39, 0.29) is 0 Å². The fourth-order valence-electron chi connectivity index (χ4n) is 1.75. The quantitative estimate of drug-likeness (QED) is 0.916. The maximum Gasteiger partial charge on any atom is 0.123 e. The van der Waals surface area contributed by atoms with Gasteiger partial charge in [0.25, 0.3) is 0 Å². The largest absolute Gasteiger partial charge is 0.496 e. The Morgan fingerprint density at radius 2 is 2.16 bits per heavy atom. The van der Waals surface area contributed by atoms with Crippen LogP contribution in [0.25, 0.3) is 0 Å². The van der Waals surface area contributed by atoms with Crippen LogP contribution in [0.2, 0.25) is 4.34 Å². The van der Waals surface area contributed by atoms with Gasteiger partial charge in [-0.15, -0.1) is 11.3 Å². The van der Waals surface area contributed by atoms with Gasteiger partial charge in [0.1, 0.15) is 5.75 Å². The molecule has 2 aromatic rings. The second-order valence-corrected chi connectivity index (χ2v) is 5.75. The molecule has 1 N–H and O–H groups in total. The van der Waals surface area contributed by atoms with Crippen LogP contribution in [0.5, 0.6) is 5.75 Å². The highest BCUT2D eigenvalue weighted by Crippen LogP contribution is 2.22. The van der Waals surface area contributed by atoms with Crippen LogP contribution in [0.4, 0.5) is 0 Å². The molecular weight excluding hydrogens is 280 g/mol. The fraction of sp³-hybridized carbons (Fsp3) is 0.214. The predicted molar refractivity (Wildman–Crippen MR) is 77.6 cm³/mol. The van der Waals surface area contributed by atoms with Gasteiger partial charge in [0.05, 0.1) is 23.1 Å². The van der Waals surface area contributed by atoms with Crippen LogP contribution in [0.1, 0.15) is 16.0 Å². The molecule has 2 rings (SSSR count). The first-order valence-corrected chi connectivity index (χ1v) is 6.94. The molecule has 0 saturated carbocycles. The molecule has 19 heavy (non-hydrogen) atoms. The van der Waals surface area contributed by atoms with E-state index in [1.54, 1.807) is 24.5 Å². The lowest BCUT2D eigenvalue weighted by molar-refractivity contribution is 0.407. The molecule has 1 heterocycles. The summed E-state index contributed by atoms with van der Waals surface area (Å²) in [6.07, 6.45) is 0. The van der Waals surface area contributed by atoms with Gasteiger partial charge >= 0.3 is 0 Å². The molecular formula is C14H13ClN2OS. The maximum atomic E-state index is 8.91. The molecule has 1 aromatic heterocycles. The Labute approximate surface area is 121 Å². The molecule has 5 heteroatoms. The predicted octanol–water partition coefficient (Wildman–Crippen LogP) is 3.57. The Morgan fingerprint density at radius 3 is 2.79 bits per heavy atom. The molecule has 0 radical (unpaired) electrons. The monoisotopic (exact) mass is 292 g/mol. The summed E-state index contributed by atoms with van der Waals surface area (Å²) < 4.78 is 6.08. The van der Waals surface area contributed by atoms with Crippen molar-refractivity contribution in [2.75, 3.05) is 7.11 Å². The number of rotatable bonds is 5. The highest BCUT2D eigenvalue weighted by atomic mass is 35.5. The van der Waals surface area contributed by atoms with Crippen molar-refractivity contribution in [1.82, 2.24) is 5.32 Å². The summed E-state index contributed by atoms with van der Waals surface area (Å²) in [7, 11) is 1.63. The van der Waals surface area contributed by atoms with Crippen LogP contribution in [0.3, 0.4) is 0 Å². The second kappa shape index (κ2) is 6.58. The van der Waals surface area contributed by atoms with E-state index >= 15 is 0 Å². The average Bonchev–Trinajstić information content (AvgIpc) is 2.84. The Bertz CT molecular complexity index is 604. The number of thiophene rings is 1. The molecule has 3 nitrogen and oxygen atoms in total. The van der Waals surface area contributed by atoms with Crippen LogP contribution in [-0.2, 0) is 13.1 Å². The zero-order valence-electron chi connectivity index (χ0n) is 10.4. The van der Waals surface area contributed by atoms with Crippen LogP contribution in [0.15, 0.2) is 30.3 Å². The molecule has 1 aromatic carbocycles. The highest BCUT2D eigenvalue weighted by Gasteiger charge is 2.05. The van der Waals surface area contributed by atoms with Gasteiger partial charge in [-0.1, -0.05) is 11.6 Å².